The van der Waals surface area contributed by atoms with Crippen LogP contribution in [0.3, 0.4) is 0 Å². The Bertz CT molecular complexity index is 1150. The fourth-order valence-electron chi connectivity index (χ4n) is 2.97. The van der Waals surface area contributed by atoms with Crippen molar-refractivity contribution in [2.75, 3.05) is 5.32 Å². The molecule has 7 heteroatoms. The van der Waals surface area contributed by atoms with E-state index in [4.69, 9.17) is 4.84 Å². The van der Waals surface area contributed by atoms with Crippen LogP contribution >= 0.6 is 0 Å². The van der Waals surface area contributed by atoms with Gasteiger partial charge in [0.25, 0.3) is 5.91 Å². The lowest BCUT2D eigenvalue weighted by molar-refractivity contribution is 0.101. The number of nitrogens with zero attached hydrogens (tertiary/aromatic N) is 4. The van der Waals surface area contributed by atoms with Crippen molar-refractivity contribution in [2.24, 2.45) is 0 Å². The minimum absolute atomic E-state index is 0.302. The van der Waals surface area contributed by atoms with Crippen LogP contribution in [0.5, 0.6) is 5.75 Å². The molecule has 1 aliphatic rings. The summed E-state index contributed by atoms with van der Waals surface area (Å²) in [5.41, 5.74) is 2.87. The topological polar surface area (TPSA) is 81.9 Å². The van der Waals surface area contributed by atoms with Crippen LogP contribution in [0, 0.1) is 0 Å². The summed E-state index contributed by atoms with van der Waals surface area (Å²) in [6, 6.07) is 20.6. The largest absolute Gasteiger partial charge is 0.371 e. The summed E-state index contributed by atoms with van der Waals surface area (Å²) in [4.78, 5) is 23.2. The Morgan fingerprint density at radius 3 is 2.70 bits per heavy atom. The second kappa shape index (κ2) is 6.06. The maximum atomic E-state index is 12.9. The number of hydrogen-bond acceptors (Lipinski definition) is 5. The molecule has 2 bridgehead atoms. The van der Waals surface area contributed by atoms with Crippen LogP contribution in [0.1, 0.15) is 10.4 Å². The molecule has 3 heterocycles. The summed E-state index contributed by atoms with van der Waals surface area (Å²) in [5.74, 6) is 0.985. The number of anilines is 1. The van der Waals surface area contributed by atoms with Crippen LogP contribution in [-0.2, 0) is 0 Å². The van der Waals surface area contributed by atoms with Crippen molar-refractivity contribution in [2.45, 2.75) is 0 Å². The molecule has 5 rings (SSSR count). The van der Waals surface area contributed by atoms with E-state index in [-0.39, 0.29) is 5.91 Å². The number of aromatic nitrogens is 4. The first-order chi connectivity index (χ1) is 13.3. The lowest BCUT2D eigenvalue weighted by atomic mass is 10.0. The summed E-state index contributed by atoms with van der Waals surface area (Å²) in [6.07, 6.45) is 1.44. The molecule has 1 N–H and O–H groups in total. The quantitative estimate of drug-likeness (QED) is 0.566. The molecule has 1 aliphatic heterocycles. The number of pyridine rings is 1. The third kappa shape index (κ3) is 2.71. The SMILES string of the molecule is O=C1Nc2cccc(n2)-c2nncn2Oc2ccc(-c3ccccc3)cc21. The van der Waals surface area contributed by atoms with Gasteiger partial charge in [-0.25, -0.2) is 4.98 Å². The summed E-state index contributed by atoms with van der Waals surface area (Å²) < 4.78 is 1.41. The van der Waals surface area contributed by atoms with Crippen molar-refractivity contribution < 1.29 is 9.63 Å². The zero-order valence-electron chi connectivity index (χ0n) is 14.0. The Morgan fingerprint density at radius 1 is 0.926 bits per heavy atom. The first kappa shape index (κ1) is 15.3. The molecule has 7 nitrogen and oxygen atoms in total. The van der Waals surface area contributed by atoms with E-state index in [1.165, 1.54) is 11.1 Å². The Morgan fingerprint density at radius 2 is 1.81 bits per heavy atom. The fourth-order valence-corrected chi connectivity index (χ4v) is 2.97. The fraction of sp³-hybridized carbons (Fsp3) is 0. The number of carbonyl (C=O) groups excluding carboxylic acids is 1. The highest BCUT2D eigenvalue weighted by molar-refractivity contribution is 6.06. The third-order valence-electron chi connectivity index (χ3n) is 4.27. The van der Waals surface area contributed by atoms with E-state index in [9.17, 15) is 4.79 Å². The molecular formula is C20H13N5O2. The van der Waals surface area contributed by atoms with Crippen molar-refractivity contribution >= 4 is 11.7 Å². The minimum atomic E-state index is -0.302. The zero-order valence-corrected chi connectivity index (χ0v) is 14.0. The zero-order chi connectivity index (χ0) is 18.2. The van der Waals surface area contributed by atoms with Gasteiger partial charge in [0.15, 0.2) is 12.1 Å². The molecule has 1 amide bonds. The maximum absolute atomic E-state index is 12.9. The van der Waals surface area contributed by atoms with Gasteiger partial charge in [-0.05, 0) is 35.4 Å². The van der Waals surface area contributed by atoms with E-state index in [1.54, 1.807) is 30.3 Å². The van der Waals surface area contributed by atoms with E-state index >= 15 is 0 Å². The molecule has 0 aliphatic carbocycles. The number of amides is 1. The molecule has 2 aromatic heterocycles. The van der Waals surface area contributed by atoms with Crippen molar-refractivity contribution in [3.05, 3.63) is 78.6 Å². The van der Waals surface area contributed by atoms with Crippen molar-refractivity contribution in [3.8, 4) is 28.4 Å². The predicted molar refractivity (Wildman–Crippen MR) is 99.1 cm³/mol. The van der Waals surface area contributed by atoms with Gasteiger partial charge in [0.2, 0.25) is 5.82 Å². The Balaban J connectivity index is 1.68. The summed E-state index contributed by atoms with van der Waals surface area (Å²) in [6.45, 7) is 0. The number of benzene rings is 2. The third-order valence-corrected chi connectivity index (χ3v) is 4.27. The standard InChI is InChI=1S/C20H13N5O2/c26-20-15-11-14(13-5-2-1-3-6-13)9-10-17(15)27-25-12-21-24-19(25)16-7-4-8-18(22-16)23-20/h1-12H,(H,22,23,26). The van der Waals surface area contributed by atoms with Crippen molar-refractivity contribution in [1.29, 1.82) is 0 Å². The molecule has 130 valence electrons. The van der Waals surface area contributed by atoms with Gasteiger partial charge in [0, 0.05) is 0 Å². The molecule has 4 aromatic rings. The van der Waals surface area contributed by atoms with E-state index in [1.807, 2.05) is 36.4 Å². The van der Waals surface area contributed by atoms with Crippen molar-refractivity contribution in [3.63, 3.8) is 0 Å². The maximum Gasteiger partial charge on any atom is 0.260 e. The van der Waals surface area contributed by atoms with Crippen LogP contribution in [-0.4, -0.2) is 25.8 Å². The number of fused-ring (bicyclic) bond motifs is 5. The van der Waals surface area contributed by atoms with Gasteiger partial charge in [0.1, 0.15) is 11.5 Å². The number of nitrogens with one attached hydrogen (secondary N) is 1. The van der Waals surface area contributed by atoms with Crippen LogP contribution < -0.4 is 10.2 Å². The van der Waals surface area contributed by atoms with E-state index < -0.39 is 0 Å². The molecule has 0 saturated carbocycles. The van der Waals surface area contributed by atoms with E-state index in [0.29, 0.717) is 28.6 Å². The molecule has 27 heavy (non-hydrogen) atoms. The van der Waals surface area contributed by atoms with Gasteiger partial charge in [0.05, 0.1) is 5.56 Å². The summed E-state index contributed by atoms with van der Waals surface area (Å²) in [7, 11) is 0. The van der Waals surface area contributed by atoms with Crippen LogP contribution in [0.25, 0.3) is 22.6 Å². The number of rotatable bonds is 1. The first-order valence-corrected chi connectivity index (χ1v) is 8.34. The van der Waals surface area contributed by atoms with Gasteiger partial charge in [-0.3, -0.25) is 4.79 Å². The van der Waals surface area contributed by atoms with Gasteiger partial charge < -0.3 is 10.2 Å². The van der Waals surface area contributed by atoms with E-state index in [2.05, 4.69) is 20.5 Å². The molecule has 2 aromatic carbocycles. The Kier molecular flexibility index (Phi) is 3.43. The van der Waals surface area contributed by atoms with Gasteiger partial charge in [-0.1, -0.05) is 42.5 Å². The molecule has 0 unspecified atom stereocenters. The van der Waals surface area contributed by atoms with Crippen molar-refractivity contribution in [1.82, 2.24) is 19.9 Å². The molecule has 0 spiro atoms. The van der Waals surface area contributed by atoms with Gasteiger partial charge in [-0.15, -0.1) is 14.9 Å². The summed E-state index contributed by atoms with van der Waals surface area (Å²) >= 11 is 0. The highest BCUT2D eigenvalue weighted by Gasteiger charge is 2.20. The smallest absolute Gasteiger partial charge is 0.260 e. The molecule has 0 fully saturated rings. The van der Waals surface area contributed by atoms with Gasteiger partial charge in [-0.2, -0.15) is 0 Å². The second-order valence-electron chi connectivity index (χ2n) is 6.01. The molecular weight excluding hydrogens is 342 g/mol. The summed E-state index contributed by atoms with van der Waals surface area (Å²) in [5, 5.41) is 10.8. The lowest BCUT2D eigenvalue weighted by Crippen LogP contribution is -2.18. The van der Waals surface area contributed by atoms with E-state index in [0.717, 1.165) is 11.1 Å². The molecule has 0 saturated heterocycles. The average molecular weight is 355 g/mol. The van der Waals surface area contributed by atoms with Crippen LogP contribution in [0.15, 0.2) is 73.1 Å². The second-order valence-corrected chi connectivity index (χ2v) is 6.01. The normalized spacial score (nSPS) is 12.4. The Labute approximate surface area is 154 Å². The lowest BCUT2D eigenvalue weighted by Gasteiger charge is -2.16. The highest BCUT2D eigenvalue weighted by Crippen LogP contribution is 2.29. The van der Waals surface area contributed by atoms with Gasteiger partial charge >= 0.3 is 0 Å². The highest BCUT2D eigenvalue weighted by atomic mass is 16.7. The number of hydrogen-bond donors (Lipinski definition) is 1. The van der Waals surface area contributed by atoms with Crippen LogP contribution in [0.2, 0.25) is 0 Å². The average Bonchev–Trinajstić information content (AvgIpc) is 3.17. The Hall–Kier alpha value is -4.00. The number of carbonyl (C=O) groups is 1. The minimum Gasteiger partial charge on any atom is -0.371 e. The predicted octanol–water partition coefficient (Wildman–Crippen LogP) is 3.41. The van der Waals surface area contributed by atoms with Crippen LogP contribution in [0.4, 0.5) is 5.82 Å². The monoisotopic (exact) mass is 355 g/mol. The first-order valence-electron chi connectivity index (χ1n) is 8.34. The molecule has 0 atom stereocenters. The molecule has 0 radical (unpaired) electrons.